The van der Waals surface area contributed by atoms with Crippen molar-refractivity contribution in [3.05, 3.63) is 23.8 Å². The molecule has 2 rings (SSSR count). The molecule has 1 aliphatic rings. The molecular weight excluding hydrogens is 216 g/mol. The summed E-state index contributed by atoms with van der Waals surface area (Å²) < 4.78 is 10.6. The third-order valence-corrected chi connectivity index (χ3v) is 2.91. The largest absolute Gasteiger partial charge is 0.497 e. The second-order valence-electron chi connectivity index (χ2n) is 4.30. The minimum absolute atomic E-state index is 0.582. The molecule has 0 radical (unpaired) electrons. The zero-order valence-electron chi connectivity index (χ0n) is 10.5. The maximum atomic E-state index is 5.37. The smallest absolute Gasteiger partial charge is 0.128 e. The van der Waals surface area contributed by atoms with Crippen LogP contribution in [-0.4, -0.2) is 26.5 Å². The molecule has 0 amide bonds. The molecule has 0 aliphatic carbocycles. The maximum absolute atomic E-state index is 5.37. The van der Waals surface area contributed by atoms with Crippen LogP contribution in [0.5, 0.6) is 11.5 Å². The first-order valence-corrected chi connectivity index (χ1v) is 5.76. The highest BCUT2D eigenvalue weighted by molar-refractivity contribution is 6.03. The Morgan fingerprint density at radius 2 is 2.12 bits per heavy atom. The highest BCUT2D eigenvalue weighted by Gasteiger charge is 2.18. The third kappa shape index (κ3) is 2.52. The molecule has 0 fully saturated rings. The van der Waals surface area contributed by atoms with E-state index in [-0.39, 0.29) is 0 Å². The van der Waals surface area contributed by atoms with E-state index >= 15 is 0 Å². The number of hydrogen-bond donors (Lipinski definition) is 1. The molecule has 1 N–H and O–H groups in total. The highest BCUT2D eigenvalue weighted by atomic mass is 16.5. The van der Waals surface area contributed by atoms with Gasteiger partial charge in [-0.05, 0) is 30.5 Å². The molecule has 17 heavy (non-hydrogen) atoms. The lowest BCUT2D eigenvalue weighted by molar-refractivity contribution is 0.401. The molecule has 4 nitrogen and oxygen atoms in total. The van der Waals surface area contributed by atoms with Crippen molar-refractivity contribution in [3.63, 3.8) is 0 Å². The van der Waals surface area contributed by atoms with Gasteiger partial charge in [-0.25, -0.2) is 0 Å². The van der Waals surface area contributed by atoms with E-state index in [1.54, 1.807) is 14.2 Å². The van der Waals surface area contributed by atoms with Crippen molar-refractivity contribution in [2.75, 3.05) is 20.8 Å². The second-order valence-corrected chi connectivity index (χ2v) is 4.30. The molecule has 0 aromatic heterocycles. The molecule has 1 atom stereocenters. The van der Waals surface area contributed by atoms with Gasteiger partial charge in [0.15, 0.2) is 0 Å². The average molecular weight is 234 g/mol. The van der Waals surface area contributed by atoms with Gasteiger partial charge in [0.1, 0.15) is 11.5 Å². The summed E-state index contributed by atoms with van der Waals surface area (Å²) in [4.78, 5) is 0. The average Bonchev–Trinajstić information content (AvgIpc) is 2.38. The third-order valence-electron chi connectivity index (χ3n) is 2.91. The van der Waals surface area contributed by atoms with E-state index in [1.165, 1.54) is 0 Å². The Morgan fingerprint density at radius 1 is 1.29 bits per heavy atom. The molecular formula is C13H18N2O2. The lowest BCUT2D eigenvalue weighted by Gasteiger charge is -2.20. The monoisotopic (exact) mass is 234 g/mol. The van der Waals surface area contributed by atoms with Gasteiger partial charge in [0, 0.05) is 12.1 Å². The highest BCUT2D eigenvalue weighted by Crippen LogP contribution is 2.27. The quantitative estimate of drug-likeness (QED) is 0.870. The summed E-state index contributed by atoms with van der Waals surface area (Å²) in [5.41, 5.74) is 5.10. The molecule has 1 unspecified atom stereocenters. The van der Waals surface area contributed by atoms with Crippen LogP contribution in [0, 0.1) is 5.92 Å². The standard InChI is InChI=1S/C13H18N2O2/c1-9-6-12(15-14-8-9)11-7-10(16-2)4-5-13(11)17-3/h4-5,7,9,14H,6,8H2,1-3H3. The van der Waals surface area contributed by atoms with Gasteiger partial charge in [-0.15, -0.1) is 0 Å². The van der Waals surface area contributed by atoms with Gasteiger partial charge < -0.3 is 14.9 Å². The lowest BCUT2D eigenvalue weighted by atomic mass is 9.97. The molecule has 92 valence electrons. The molecule has 1 aromatic carbocycles. The number of nitrogens with zero attached hydrogens (tertiary/aromatic N) is 1. The maximum Gasteiger partial charge on any atom is 0.128 e. The van der Waals surface area contributed by atoms with E-state index in [0.717, 1.165) is 35.7 Å². The van der Waals surface area contributed by atoms with Crippen molar-refractivity contribution in [3.8, 4) is 11.5 Å². The Bertz CT molecular complexity index is 429. The van der Waals surface area contributed by atoms with Gasteiger partial charge in [-0.3, -0.25) is 0 Å². The number of hydrogen-bond acceptors (Lipinski definition) is 4. The number of methoxy groups -OCH3 is 2. The fourth-order valence-electron chi connectivity index (χ4n) is 1.95. The molecule has 0 spiro atoms. The zero-order chi connectivity index (χ0) is 12.3. The summed E-state index contributed by atoms with van der Waals surface area (Å²) in [7, 11) is 3.33. The van der Waals surface area contributed by atoms with Crippen LogP contribution >= 0.6 is 0 Å². The summed E-state index contributed by atoms with van der Waals surface area (Å²) in [5.74, 6) is 2.24. The topological polar surface area (TPSA) is 42.9 Å². The Kier molecular flexibility index (Phi) is 3.52. The van der Waals surface area contributed by atoms with Crippen LogP contribution in [0.15, 0.2) is 23.3 Å². The van der Waals surface area contributed by atoms with Gasteiger partial charge in [-0.2, -0.15) is 5.10 Å². The summed E-state index contributed by atoms with van der Waals surface area (Å²) in [6, 6.07) is 5.77. The molecule has 1 heterocycles. The van der Waals surface area contributed by atoms with Gasteiger partial charge in [0.25, 0.3) is 0 Å². The number of benzene rings is 1. The van der Waals surface area contributed by atoms with E-state index in [9.17, 15) is 0 Å². The molecule has 1 aliphatic heterocycles. The first-order chi connectivity index (χ1) is 8.24. The van der Waals surface area contributed by atoms with Crippen molar-refractivity contribution < 1.29 is 9.47 Å². The van der Waals surface area contributed by atoms with Gasteiger partial charge in [-0.1, -0.05) is 6.92 Å². The summed E-state index contributed by atoms with van der Waals surface area (Å²) in [6.07, 6.45) is 0.955. The van der Waals surface area contributed by atoms with Crippen molar-refractivity contribution in [1.82, 2.24) is 5.43 Å². The predicted molar refractivity (Wildman–Crippen MR) is 67.9 cm³/mol. The first-order valence-electron chi connectivity index (χ1n) is 5.76. The van der Waals surface area contributed by atoms with Crippen molar-refractivity contribution >= 4 is 5.71 Å². The molecule has 0 saturated heterocycles. The minimum atomic E-state index is 0.582. The molecule has 4 heteroatoms. The van der Waals surface area contributed by atoms with Gasteiger partial charge in [0.05, 0.1) is 19.9 Å². The SMILES string of the molecule is COc1ccc(OC)c(C2=NNCC(C)C2)c1. The lowest BCUT2D eigenvalue weighted by Crippen LogP contribution is -2.27. The zero-order valence-corrected chi connectivity index (χ0v) is 10.5. The van der Waals surface area contributed by atoms with Crippen LogP contribution in [-0.2, 0) is 0 Å². The number of rotatable bonds is 3. The molecule has 1 aromatic rings. The summed E-state index contributed by atoms with van der Waals surface area (Å²) >= 11 is 0. The Morgan fingerprint density at radius 3 is 2.76 bits per heavy atom. The van der Waals surface area contributed by atoms with E-state index in [1.807, 2.05) is 18.2 Å². The van der Waals surface area contributed by atoms with Gasteiger partial charge >= 0.3 is 0 Å². The number of nitrogens with one attached hydrogen (secondary N) is 1. The molecule has 0 saturated carbocycles. The fraction of sp³-hybridized carbons (Fsp3) is 0.462. The van der Waals surface area contributed by atoms with Crippen LogP contribution in [0.3, 0.4) is 0 Å². The number of ether oxygens (including phenoxy) is 2. The first kappa shape index (κ1) is 11.8. The summed E-state index contributed by atoms with van der Waals surface area (Å²) in [6.45, 7) is 3.13. The van der Waals surface area contributed by atoms with Crippen LogP contribution in [0.25, 0.3) is 0 Å². The summed E-state index contributed by atoms with van der Waals surface area (Å²) in [5, 5.41) is 4.37. The van der Waals surface area contributed by atoms with E-state index in [0.29, 0.717) is 5.92 Å². The van der Waals surface area contributed by atoms with Crippen LogP contribution < -0.4 is 14.9 Å². The fourth-order valence-corrected chi connectivity index (χ4v) is 1.95. The predicted octanol–water partition coefficient (Wildman–Crippen LogP) is 2.04. The minimum Gasteiger partial charge on any atom is -0.497 e. The van der Waals surface area contributed by atoms with E-state index in [2.05, 4.69) is 17.5 Å². The van der Waals surface area contributed by atoms with Crippen LogP contribution in [0.1, 0.15) is 18.9 Å². The molecule has 0 bridgehead atoms. The second kappa shape index (κ2) is 5.08. The van der Waals surface area contributed by atoms with Crippen molar-refractivity contribution in [2.45, 2.75) is 13.3 Å². The van der Waals surface area contributed by atoms with Crippen molar-refractivity contribution in [1.29, 1.82) is 0 Å². The number of hydrazone groups is 1. The van der Waals surface area contributed by atoms with E-state index in [4.69, 9.17) is 9.47 Å². The van der Waals surface area contributed by atoms with Crippen LogP contribution in [0.2, 0.25) is 0 Å². The Hall–Kier alpha value is -1.71. The Labute approximate surface area is 102 Å². The van der Waals surface area contributed by atoms with Crippen molar-refractivity contribution in [2.24, 2.45) is 11.0 Å². The van der Waals surface area contributed by atoms with E-state index < -0.39 is 0 Å². The normalized spacial score (nSPS) is 19.2. The van der Waals surface area contributed by atoms with Crippen LogP contribution in [0.4, 0.5) is 0 Å². The Balaban J connectivity index is 2.38. The van der Waals surface area contributed by atoms with Gasteiger partial charge in [0.2, 0.25) is 0 Å².